The Hall–Kier alpha value is -1.92. The third kappa shape index (κ3) is 6.69. The molecule has 0 radical (unpaired) electrons. The van der Waals surface area contributed by atoms with Crippen LogP contribution < -0.4 is 16.4 Å². The quantitative estimate of drug-likeness (QED) is 0.522. The molecule has 0 unspecified atom stereocenters. The molecule has 0 fully saturated rings. The second kappa shape index (κ2) is 9.92. The average Bonchev–Trinajstić information content (AvgIpc) is 2.50. The van der Waals surface area contributed by atoms with Crippen molar-refractivity contribution in [2.24, 2.45) is 5.73 Å². The lowest BCUT2D eigenvalue weighted by atomic mass is 10.1. The van der Waals surface area contributed by atoms with E-state index in [4.69, 9.17) is 10.8 Å². The predicted molar refractivity (Wildman–Crippen MR) is 86.8 cm³/mol. The number of hydrogen-bond donors (Lipinski definition) is 4. The lowest BCUT2D eigenvalue weighted by Gasteiger charge is -2.13. The van der Waals surface area contributed by atoms with Crippen LogP contribution in [0.15, 0.2) is 24.3 Å². The van der Waals surface area contributed by atoms with Gasteiger partial charge in [0.25, 0.3) is 0 Å². The van der Waals surface area contributed by atoms with Crippen LogP contribution in [0.1, 0.15) is 31.7 Å². The fraction of sp³-hybridized carbons (Fsp3) is 0.500. The van der Waals surface area contributed by atoms with Gasteiger partial charge in [-0.2, -0.15) is 0 Å². The van der Waals surface area contributed by atoms with Gasteiger partial charge in [-0.15, -0.1) is 0 Å². The van der Waals surface area contributed by atoms with Crippen molar-refractivity contribution in [1.82, 2.24) is 5.32 Å². The summed E-state index contributed by atoms with van der Waals surface area (Å²) >= 11 is 0. The van der Waals surface area contributed by atoms with E-state index in [1.165, 1.54) is 5.56 Å². The number of carboxylic acids is 1. The van der Waals surface area contributed by atoms with Gasteiger partial charge in [0.2, 0.25) is 5.91 Å². The highest BCUT2D eigenvalue weighted by atomic mass is 16.4. The number of hydrogen-bond acceptors (Lipinski definition) is 4. The number of nitrogens with two attached hydrogens (primary N) is 1. The van der Waals surface area contributed by atoms with E-state index in [2.05, 4.69) is 17.6 Å². The Morgan fingerprint density at radius 3 is 2.50 bits per heavy atom. The molecule has 22 heavy (non-hydrogen) atoms. The molecule has 6 heteroatoms. The zero-order valence-electron chi connectivity index (χ0n) is 13.0. The van der Waals surface area contributed by atoms with Gasteiger partial charge in [-0.05, 0) is 30.5 Å². The summed E-state index contributed by atoms with van der Waals surface area (Å²) in [5.74, 6) is -1.39. The maximum absolute atomic E-state index is 11.9. The van der Waals surface area contributed by atoms with Crippen LogP contribution in [-0.4, -0.2) is 36.1 Å². The molecule has 1 amide bonds. The number of carbonyl (C=O) groups excluding carboxylic acids is 1. The van der Waals surface area contributed by atoms with E-state index in [0.29, 0.717) is 18.8 Å². The standard InChI is InChI=1S/C16H25N3O3/c1-2-3-4-12-5-7-13(8-6-12)19-15(20)11-14(16(21)22)18-10-9-17/h5-8,14,18H,2-4,9-11,17H2,1H3,(H,19,20)(H,21,22)/t14-/m1/s1. The third-order valence-electron chi connectivity index (χ3n) is 3.28. The number of aliphatic carboxylic acids is 1. The van der Waals surface area contributed by atoms with Gasteiger partial charge < -0.3 is 21.5 Å². The van der Waals surface area contributed by atoms with Crippen LogP contribution in [0.2, 0.25) is 0 Å². The molecular formula is C16H25N3O3. The smallest absolute Gasteiger partial charge is 0.321 e. The largest absolute Gasteiger partial charge is 0.480 e. The van der Waals surface area contributed by atoms with Crippen molar-refractivity contribution in [3.63, 3.8) is 0 Å². The van der Waals surface area contributed by atoms with Crippen molar-refractivity contribution >= 4 is 17.6 Å². The first-order valence-electron chi connectivity index (χ1n) is 7.61. The van der Waals surface area contributed by atoms with Crippen LogP contribution in [-0.2, 0) is 16.0 Å². The molecule has 122 valence electrons. The van der Waals surface area contributed by atoms with E-state index in [-0.39, 0.29) is 12.3 Å². The van der Waals surface area contributed by atoms with E-state index in [9.17, 15) is 9.59 Å². The first-order chi connectivity index (χ1) is 10.6. The van der Waals surface area contributed by atoms with Gasteiger partial charge in [0, 0.05) is 18.8 Å². The number of unbranched alkanes of at least 4 members (excludes halogenated alkanes) is 1. The molecule has 1 aromatic rings. The monoisotopic (exact) mass is 307 g/mol. The normalized spacial score (nSPS) is 11.9. The van der Waals surface area contributed by atoms with Gasteiger partial charge in [-0.3, -0.25) is 9.59 Å². The lowest BCUT2D eigenvalue weighted by molar-refractivity contribution is -0.141. The third-order valence-corrected chi connectivity index (χ3v) is 3.28. The summed E-state index contributed by atoms with van der Waals surface area (Å²) in [7, 11) is 0. The van der Waals surface area contributed by atoms with Gasteiger partial charge in [-0.25, -0.2) is 0 Å². The van der Waals surface area contributed by atoms with E-state index in [0.717, 1.165) is 19.3 Å². The summed E-state index contributed by atoms with van der Waals surface area (Å²) in [6, 6.07) is 6.71. The molecule has 0 saturated carbocycles. The summed E-state index contributed by atoms with van der Waals surface area (Å²) in [6.45, 7) is 2.83. The number of amides is 1. The number of nitrogens with one attached hydrogen (secondary N) is 2. The van der Waals surface area contributed by atoms with Crippen molar-refractivity contribution < 1.29 is 14.7 Å². The van der Waals surface area contributed by atoms with Crippen LogP contribution in [0.3, 0.4) is 0 Å². The minimum absolute atomic E-state index is 0.132. The number of carbonyl (C=O) groups is 2. The minimum atomic E-state index is -1.06. The number of anilines is 1. The summed E-state index contributed by atoms with van der Waals surface area (Å²) in [6.07, 6.45) is 3.17. The van der Waals surface area contributed by atoms with Crippen molar-refractivity contribution in [3.8, 4) is 0 Å². The topological polar surface area (TPSA) is 104 Å². The average molecular weight is 307 g/mol. The van der Waals surface area contributed by atoms with Gasteiger partial charge in [0.15, 0.2) is 0 Å². The molecule has 0 bridgehead atoms. The highest BCUT2D eigenvalue weighted by molar-refractivity contribution is 5.94. The molecule has 5 N–H and O–H groups in total. The Labute approximate surface area is 131 Å². The molecule has 0 aliphatic rings. The van der Waals surface area contributed by atoms with Gasteiger partial charge >= 0.3 is 5.97 Å². The molecule has 0 aliphatic carbocycles. The van der Waals surface area contributed by atoms with Crippen LogP contribution in [0.25, 0.3) is 0 Å². The number of aryl methyl sites for hydroxylation is 1. The second-order valence-electron chi connectivity index (χ2n) is 5.19. The molecular weight excluding hydrogens is 282 g/mol. The van der Waals surface area contributed by atoms with Crippen LogP contribution in [0.5, 0.6) is 0 Å². The van der Waals surface area contributed by atoms with Crippen molar-refractivity contribution in [2.45, 2.75) is 38.6 Å². The Kier molecular flexibility index (Phi) is 8.17. The Morgan fingerprint density at radius 1 is 1.27 bits per heavy atom. The molecule has 1 aromatic carbocycles. The first kappa shape index (κ1) is 18.1. The molecule has 0 aliphatic heterocycles. The van der Waals surface area contributed by atoms with Gasteiger partial charge in [0.05, 0.1) is 6.42 Å². The van der Waals surface area contributed by atoms with Crippen molar-refractivity contribution in [1.29, 1.82) is 0 Å². The first-order valence-corrected chi connectivity index (χ1v) is 7.61. The van der Waals surface area contributed by atoms with E-state index >= 15 is 0 Å². The summed E-state index contributed by atoms with van der Waals surface area (Å²) < 4.78 is 0. The Bertz CT molecular complexity index is 474. The maximum atomic E-state index is 11.9. The molecule has 0 spiro atoms. The van der Waals surface area contributed by atoms with Crippen LogP contribution in [0, 0.1) is 0 Å². The van der Waals surface area contributed by atoms with Crippen molar-refractivity contribution in [3.05, 3.63) is 29.8 Å². The zero-order chi connectivity index (χ0) is 16.4. The van der Waals surface area contributed by atoms with E-state index in [1.807, 2.05) is 24.3 Å². The molecule has 6 nitrogen and oxygen atoms in total. The predicted octanol–water partition coefficient (Wildman–Crippen LogP) is 1.36. The SMILES string of the molecule is CCCCc1ccc(NC(=O)C[C@@H](NCCN)C(=O)O)cc1. The summed E-state index contributed by atoms with van der Waals surface area (Å²) in [4.78, 5) is 23.0. The van der Waals surface area contributed by atoms with Crippen molar-refractivity contribution in [2.75, 3.05) is 18.4 Å². The molecule has 1 atom stereocenters. The highest BCUT2D eigenvalue weighted by Gasteiger charge is 2.20. The number of carboxylic acid groups (broad SMARTS) is 1. The van der Waals surface area contributed by atoms with Crippen LogP contribution >= 0.6 is 0 Å². The summed E-state index contributed by atoms with van der Waals surface area (Å²) in [5.41, 5.74) is 7.23. The lowest BCUT2D eigenvalue weighted by Crippen LogP contribution is -2.41. The number of rotatable bonds is 10. The number of benzene rings is 1. The molecule has 0 saturated heterocycles. The Morgan fingerprint density at radius 2 is 1.95 bits per heavy atom. The minimum Gasteiger partial charge on any atom is -0.480 e. The molecule has 0 heterocycles. The van der Waals surface area contributed by atoms with E-state index in [1.54, 1.807) is 0 Å². The fourth-order valence-electron chi connectivity index (χ4n) is 2.04. The molecule has 1 rings (SSSR count). The van der Waals surface area contributed by atoms with Gasteiger partial charge in [0.1, 0.15) is 6.04 Å². The maximum Gasteiger partial charge on any atom is 0.321 e. The van der Waals surface area contributed by atoms with Crippen LogP contribution in [0.4, 0.5) is 5.69 Å². The zero-order valence-corrected chi connectivity index (χ0v) is 13.0. The Balaban J connectivity index is 2.50. The second-order valence-corrected chi connectivity index (χ2v) is 5.19. The fourth-order valence-corrected chi connectivity index (χ4v) is 2.04. The highest BCUT2D eigenvalue weighted by Crippen LogP contribution is 2.12. The van der Waals surface area contributed by atoms with E-state index < -0.39 is 12.0 Å². The summed E-state index contributed by atoms with van der Waals surface area (Å²) in [5, 5.41) is 14.5. The molecule has 0 aromatic heterocycles. The van der Waals surface area contributed by atoms with Gasteiger partial charge in [-0.1, -0.05) is 25.5 Å².